The van der Waals surface area contributed by atoms with Gasteiger partial charge in [0.05, 0.1) is 0 Å². The van der Waals surface area contributed by atoms with E-state index in [0.717, 1.165) is 23.6 Å². The Morgan fingerprint density at radius 3 is 2.55 bits per heavy atom. The number of hydrogen-bond donors (Lipinski definition) is 2. The number of benzene rings is 2. The quantitative estimate of drug-likeness (QED) is 0.370. The number of pyridine rings is 1. The molecule has 1 aliphatic carbocycles. The van der Waals surface area contributed by atoms with Crippen LogP contribution in [0.1, 0.15) is 28.9 Å². The minimum Gasteiger partial charge on any atom is -0.454 e. The van der Waals surface area contributed by atoms with Crippen LogP contribution in [0.2, 0.25) is 0 Å². The number of aromatic nitrogens is 3. The Bertz CT molecular complexity index is 1620. The molecule has 5 rings (SSSR count). The van der Waals surface area contributed by atoms with Crippen molar-refractivity contribution in [3.63, 3.8) is 0 Å². The van der Waals surface area contributed by atoms with Crippen molar-refractivity contribution in [3.8, 4) is 17.2 Å². The number of para-hydroxylation sites is 1. The molecule has 1 aliphatic rings. The van der Waals surface area contributed by atoms with Crippen molar-refractivity contribution in [3.05, 3.63) is 100 Å². The first kappa shape index (κ1) is 24.8. The first-order chi connectivity index (χ1) is 18.3. The number of aryl methyl sites for hydroxylation is 1. The fraction of sp³-hybridized carbons (Fsp3) is 0.148. The first-order valence-electron chi connectivity index (χ1n) is 11.7. The van der Waals surface area contributed by atoms with Crippen LogP contribution in [-0.2, 0) is 4.79 Å². The first-order valence-corrected chi connectivity index (χ1v) is 11.7. The lowest BCUT2D eigenvalue weighted by atomic mass is 10.2. The van der Waals surface area contributed by atoms with Crippen molar-refractivity contribution in [2.75, 3.05) is 10.6 Å². The molecular formula is C27H21F2N5O4. The maximum absolute atomic E-state index is 14.8. The van der Waals surface area contributed by atoms with Crippen molar-refractivity contribution in [1.82, 2.24) is 14.8 Å². The molecular weight excluding hydrogens is 496 g/mol. The molecule has 0 atom stereocenters. The minimum atomic E-state index is -0.887. The normalized spacial score (nSPS) is 12.6. The monoisotopic (exact) mass is 517 g/mol. The lowest BCUT2D eigenvalue weighted by Crippen LogP contribution is -2.27. The average Bonchev–Trinajstić information content (AvgIpc) is 3.74. The summed E-state index contributed by atoms with van der Waals surface area (Å²) in [6.45, 7) is 1.48. The second-order valence-corrected chi connectivity index (χ2v) is 8.73. The third kappa shape index (κ3) is 5.41. The van der Waals surface area contributed by atoms with Crippen molar-refractivity contribution < 1.29 is 23.1 Å². The second-order valence-electron chi connectivity index (χ2n) is 8.73. The van der Waals surface area contributed by atoms with E-state index in [9.17, 15) is 23.2 Å². The molecule has 1 saturated carbocycles. The lowest BCUT2D eigenvalue weighted by Gasteiger charge is -2.12. The fourth-order valence-corrected chi connectivity index (χ4v) is 3.62. The lowest BCUT2D eigenvalue weighted by molar-refractivity contribution is -0.117. The highest BCUT2D eigenvalue weighted by Crippen LogP contribution is 2.31. The van der Waals surface area contributed by atoms with Gasteiger partial charge in [0.1, 0.15) is 23.1 Å². The highest BCUT2D eigenvalue weighted by atomic mass is 19.1. The van der Waals surface area contributed by atoms with Crippen LogP contribution in [0, 0.1) is 24.5 Å². The topological polar surface area (TPSA) is 115 Å². The van der Waals surface area contributed by atoms with Crippen LogP contribution < -0.4 is 20.8 Å². The highest BCUT2D eigenvalue weighted by Gasteiger charge is 2.29. The maximum atomic E-state index is 14.8. The van der Waals surface area contributed by atoms with Crippen LogP contribution in [0.3, 0.4) is 0 Å². The predicted molar refractivity (Wildman–Crippen MR) is 135 cm³/mol. The number of ether oxygens (including phenoxy) is 1. The Balaban J connectivity index is 1.32. The number of amides is 2. The van der Waals surface area contributed by atoms with E-state index >= 15 is 0 Å². The van der Waals surface area contributed by atoms with Crippen molar-refractivity contribution in [2.45, 2.75) is 19.8 Å². The van der Waals surface area contributed by atoms with Crippen LogP contribution >= 0.6 is 0 Å². The van der Waals surface area contributed by atoms with Gasteiger partial charge in [-0.2, -0.15) is 5.10 Å². The summed E-state index contributed by atoms with van der Waals surface area (Å²) in [6.07, 6.45) is 4.44. The number of carbonyl (C=O) groups is 2. The molecule has 4 aromatic rings. The number of nitrogens with one attached hydrogen (secondary N) is 2. The van der Waals surface area contributed by atoms with Gasteiger partial charge >= 0.3 is 0 Å². The molecule has 0 saturated heterocycles. The molecule has 0 unspecified atom stereocenters. The van der Waals surface area contributed by atoms with Crippen molar-refractivity contribution >= 4 is 23.3 Å². The third-order valence-electron chi connectivity index (χ3n) is 5.76. The van der Waals surface area contributed by atoms with Crippen LogP contribution in [0.25, 0.3) is 5.69 Å². The Morgan fingerprint density at radius 2 is 1.82 bits per heavy atom. The smallest absolute Gasteiger partial charge is 0.280 e. The largest absolute Gasteiger partial charge is 0.454 e. The van der Waals surface area contributed by atoms with Gasteiger partial charge in [-0.05, 0) is 50.1 Å². The molecule has 0 radical (unpaired) electrons. The number of anilines is 2. The molecule has 0 spiro atoms. The van der Waals surface area contributed by atoms with Gasteiger partial charge in [0.2, 0.25) is 11.3 Å². The third-order valence-corrected chi connectivity index (χ3v) is 5.76. The summed E-state index contributed by atoms with van der Waals surface area (Å²) < 4.78 is 35.7. The summed E-state index contributed by atoms with van der Waals surface area (Å²) in [7, 11) is 0. The van der Waals surface area contributed by atoms with Gasteiger partial charge in [-0.15, -0.1) is 0 Å². The van der Waals surface area contributed by atoms with E-state index < -0.39 is 28.7 Å². The van der Waals surface area contributed by atoms with Crippen LogP contribution in [0.5, 0.6) is 11.5 Å². The number of nitrogens with zero attached hydrogens (tertiary/aromatic N) is 3. The molecule has 2 N–H and O–H groups in total. The maximum Gasteiger partial charge on any atom is 0.280 e. The molecule has 2 aromatic heterocycles. The van der Waals surface area contributed by atoms with Crippen LogP contribution in [-0.4, -0.2) is 26.6 Å². The zero-order valence-corrected chi connectivity index (χ0v) is 20.1. The summed E-state index contributed by atoms with van der Waals surface area (Å²) >= 11 is 0. The van der Waals surface area contributed by atoms with E-state index in [4.69, 9.17) is 4.74 Å². The fourth-order valence-electron chi connectivity index (χ4n) is 3.62. The number of carbonyl (C=O) groups excluding carboxylic acids is 2. The van der Waals surface area contributed by atoms with Gasteiger partial charge in [-0.25, -0.2) is 18.4 Å². The van der Waals surface area contributed by atoms with Gasteiger partial charge in [0.25, 0.3) is 5.91 Å². The molecule has 0 bridgehead atoms. The number of halogens is 2. The summed E-state index contributed by atoms with van der Waals surface area (Å²) in [5, 5.41) is 9.13. The molecule has 38 heavy (non-hydrogen) atoms. The average molecular weight is 517 g/mol. The van der Waals surface area contributed by atoms with Crippen LogP contribution in [0.4, 0.5) is 20.3 Å². The van der Waals surface area contributed by atoms with Gasteiger partial charge in [0.15, 0.2) is 17.3 Å². The van der Waals surface area contributed by atoms with E-state index in [1.165, 1.54) is 61.8 Å². The van der Waals surface area contributed by atoms with E-state index in [1.807, 2.05) is 0 Å². The van der Waals surface area contributed by atoms with Gasteiger partial charge < -0.3 is 15.4 Å². The number of hydrogen-bond acceptors (Lipinski definition) is 6. The Kier molecular flexibility index (Phi) is 6.65. The summed E-state index contributed by atoms with van der Waals surface area (Å²) in [5.74, 6) is -1.98. The molecule has 9 nitrogen and oxygen atoms in total. The van der Waals surface area contributed by atoms with Crippen molar-refractivity contribution in [2.24, 2.45) is 5.92 Å². The van der Waals surface area contributed by atoms with E-state index in [1.54, 1.807) is 6.07 Å². The predicted octanol–water partition coefficient (Wildman–Crippen LogP) is 4.61. The molecule has 1 fully saturated rings. The standard InChI is InChI=1S/C27H21F2N5O4/c1-15-14-34(21-5-3-2-4-19(21)28)33-24(25(15)35)27(37)31-17-8-9-22(20(29)12-17)38-18-10-11-30-23(13-18)32-26(36)16-6-7-16/h2-5,8-14,16H,6-7H2,1H3,(H,31,37)(H,30,32,36). The molecule has 11 heteroatoms. The minimum absolute atomic E-state index is 0.000967. The van der Waals surface area contributed by atoms with Crippen molar-refractivity contribution in [1.29, 1.82) is 0 Å². The van der Waals surface area contributed by atoms with E-state index in [2.05, 4.69) is 20.7 Å². The molecule has 2 amide bonds. The van der Waals surface area contributed by atoms with E-state index in [-0.39, 0.29) is 46.1 Å². The Hall–Kier alpha value is -4.93. The zero-order chi connectivity index (χ0) is 26.8. The Morgan fingerprint density at radius 1 is 1.03 bits per heavy atom. The van der Waals surface area contributed by atoms with Gasteiger partial charge in [-0.1, -0.05) is 12.1 Å². The molecule has 2 aromatic carbocycles. The van der Waals surface area contributed by atoms with E-state index in [0.29, 0.717) is 0 Å². The summed E-state index contributed by atoms with van der Waals surface area (Å²) in [5.41, 5.74) is -0.839. The molecule has 2 heterocycles. The Labute approximate surface area is 215 Å². The zero-order valence-electron chi connectivity index (χ0n) is 20.1. The summed E-state index contributed by atoms with van der Waals surface area (Å²) in [4.78, 5) is 41.4. The van der Waals surface area contributed by atoms with Crippen LogP contribution in [0.15, 0.2) is 71.8 Å². The second kappa shape index (κ2) is 10.2. The molecule has 192 valence electrons. The molecule has 0 aliphatic heterocycles. The van der Waals surface area contributed by atoms with Gasteiger partial charge in [0, 0.05) is 41.7 Å². The van der Waals surface area contributed by atoms with Gasteiger partial charge in [-0.3, -0.25) is 14.4 Å². The SMILES string of the molecule is Cc1cn(-c2ccccc2F)nc(C(=O)Nc2ccc(Oc3ccnc(NC(=O)C4CC4)c3)c(F)c2)c1=O. The summed E-state index contributed by atoms with van der Waals surface area (Å²) in [6, 6.07) is 12.5. The number of rotatable bonds is 7. The highest BCUT2D eigenvalue weighted by molar-refractivity contribution is 6.02.